The third-order valence-corrected chi connectivity index (χ3v) is 3.45. The number of nitrogens with zero attached hydrogens (tertiary/aromatic N) is 1. The fourth-order valence-corrected chi connectivity index (χ4v) is 2.45. The predicted molar refractivity (Wildman–Crippen MR) is 84.9 cm³/mol. The van der Waals surface area contributed by atoms with Crippen LogP contribution in [0.25, 0.3) is 10.8 Å². The first-order chi connectivity index (χ1) is 10.8. The van der Waals surface area contributed by atoms with E-state index in [1.807, 2.05) is 54.6 Å². The molecule has 0 radical (unpaired) electrons. The molecule has 0 aliphatic rings. The number of ether oxygens (including phenoxy) is 1. The van der Waals surface area contributed by atoms with E-state index in [0.29, 0.717) is 16.9 Å². The highest BCUT2D eigenvalue weighted by molar-refractivity contribution is 6.18. The molecule has 0 aliphatic heterocycles. The summed E-state index contributed by atoms with van der Waals surface area (Å²) < 4.78 is 5.46. The van der Waals surface area contributed by atoms with Gasteiger partial charge in [0, 0.05) is 5.56 Å². The van der Waals surface area contributed by atoms with Crippen LogP contribution in [-0.4, -0.2) is 12.4 Å². The minimum Gasteiger partial charge on any atom is -0.478 e. The van der Waals surface area contributed by atoms with E-state index in [9.17, 15) is 4.79 Å². The van der Waals surface area contributed by atoms with Gasteiger partial charge in [-0.2, -0.15) is 5.26 Å². The van der Waals surface area contributed by atoms with E-state index in [2.05, 4.69) is 0 Å². The van der Waals surface area contributed by atoms with Crippen molar-refractivity contribution >= 4 is 16.6 Å². The maximum absolute atomic E-state index is 12.9. The van der Waals surface area contributed by atoms with Crippen LogP contribution in [0.2, 0.25) is 0 Å². The fourth-order valence-electron chi connectivity index (χ4n) is 2.45. The van der Waals surface area contributed by atoms with Gasteiger partial charge in [-0.15, -0.1) is 0 Å². The zero-order chi connectivity index (χ0) is 15.4. The summed E-state index contributed by atoms with van der Waals surface area (Å²) >= 11 is 0. The van der Waals surface area contributed by atoms with Crippen molar-refractivity contribution in [1.82, 2.24) is 0 Å². The van der Waals surface area contributed by atoms with Crippen molar-refractivity contribution in [3.05, 3.63) is 77.9 Å². The molecule has 0 atom stereocenters. The van der Waals surface area contributed by atoms with Crippen molar-refractivity contribution in [2.24, 2.45) is 0 Å². The molecular weight excluding hydrogens is 274 g/mol. The van der Waals surface area contributed by atoms with Crippen LogP contribution in [0.5, 0.6) is 5.75 Å². The Morgan fingerprint density at radius 2 is 1.68 bits per heavy atom. The van der Waals surface area contributed by atoms with Crippen LogP contribution in [0, 0.1) is 11.3 Å². The van der Waals surface area contributed by atoms with Crippen LogP contribution in [0.4, 0.5) is 0 Å². The minimum atomic E-state index is -0.106. The Bertz CT molecular complexity index is 863. The third-order valence-electron chi connectivity index (χ3n) is 3.45. The third kappa shape index (κ3) is 2.55. The molecule has 0 aliphatic carbocycles. The second-order valence-corrected chi connectivity index (χ2v) is 4.80. The lowest BCUT2D eigenvalue weighted by Gasteiger charge is -2.12. The summed E-state index contributed by atoms with van der Waals surface area (Å²) in [6.45, 7) is -0.0899. The highest BCUT2D eigenvalue weighted by Crippen LogP contribution is 2.30. The number of benzene rings is 3. The van der Waals surface area contributed by atoms with E-state index in [-0.39, 0.29) is 12.4 Å². The Kier molecular flexibility index (Phi) is 3.84. The second-order valence-electron chi connectivity index (χ2n) is 4.80. The standard InChI is InChI=1S/C19H13NO2/c20-12-13-22-17-11-10-14-6-4-5-9-16(14)18(17)19(21)15-7-2-1-3-8-15/h1-11H,13H2. The number of carbonyl (C=O) groups is 1. The summed E-state index contributed by atoms with van der Waals surface area (Å²) in [5.74, 6) is 0.333. The van der Waals surface area contributed by atoms with Crippen LogP contribution in [0.1, 0.15) is 15.9 Å². The summed E-state index contributed by atoms with van der Waals surface area (Å²) in [5, 5.41) is 10.5. The number of rotatable bonds is 4. The summed E-state index contributed by atoms with van der Waals surface area (Å²) in [7, 11) is 0. The highest BCUT2D eigenvalue weighted by Gasteiger charge is 2.18. The van der Waals surface area contributed by atoms with Gasteiger partial charge in [-0.1, -0.05) is 60.7 Å². The van der Waals surface area contributed by atoms with Gasteiger partial charge in [-0.05, 0) is 16.8 Å². The van der Waals surface area contributed by atoms with Gasteiger partial charge in [-0.3, -0.25) is 4.79 Å². The van der Waals surface area contributed by atoms with E-state index in [1.165, 1.54) is 0 Å². The normalized spacial score (nSPS) is 10.1. The molecule has 3 rings (SSSR count). The molecule has 3 nitrogen and oxygen atoms in total. The lowest BCUT2D eigenvalue weighted by molar-refractivity contribution is 0.103. The number of carbonyl (C=O) groups excluding carboxylic acids is 1. The summed E-state index contributed by atoms with van der Waals surface area (Å²) in [6, 6.07) is 22.3. The molecular formula is C19H13NO2. The van der Waals surface area contributed by atoms with Crippen LogP contribution < -0.4 is 4.74 Å². The van der Waals surface area contributed by atoms with Gasteiger partial charge in [0.05, 0.1) is 5.56 Å². The van der Waals surface area contributed by atoms with Gasteiger partial charge >= 0.3 is 0 Å². The molecule has 0 fully saturated rings. The molecule has 3 heteroatoms. The monoisotopic (exact) mass is 287 g/mol. The van der Waals surface area contributed by atoms with Gasteiger partial charge in [0.1, 0.15) is 11.8 Å². The fraction of sp³-hybridized carbons (Fsp3) is 0.0526. The maximum Gasteiger partial charge on any atom is 0.197 e. The minimum absolute atomic E-state index is 0.0899. The topological polar surface area (TPSA) is 50.1 Å². The molecule has 106 valence electrons. The van der Waals surface area contributed by atoms with Crippen LogP contribution >= 0.6 is 0 Å². The molecule has 0 bridgehead atoms. The van der Waals surface area contributed by atoms with Crippen molar-refractivity contribution in [2.75, 3.05) is 6.61 Å². The van der Waals surface area contributed by atoms with Crippen molar-refractivity contribution in [3.63, 3.8) is 0 Å². The molecule has 0 unspecified atom stereocenters. The van der Waals surface area contributed by atoms with E-state index < -0.39 is 0 Å². The van der Waals surface area contributed by atoms with Gasteiger partial charge in [-0.25, -0.2) is 0 Å². The van der Waals surface area contributed by atoms with Crippen molar-refractivity contribution in [2.45, 2.75) is 0 Å². The van der Waals surface area contributed by atoms with Gasteiger partial charge < -0.3 is 4.74 Å². The van der Waals surface area contributed by atoms with Gasteiger partial charge in [0.25, 0.3) is 0 Å². The van der Waals surface area contributed by atoms with E-state index >= 15 is 0 Å². The molecule has 0 saturated carbocycles. The zero-order valence-corrected chi connectivity index (χ0v) is 11.8. The largest absolute Gasteiger partial charge is 0.478 e. The summed E-state index contributed by atoms with van der Waals surface area (Å²) in [4.78, 5) is 12.9. The zero-order valence-electron chi connectivity index (χ0n) is 11.8. The average molecular weight is 287 g/mol. The molecule has 3 aromatic carbocycles. The molecule has 0 N–H and O–H groups in total. The van der Waals surface area contributed by atoms with Crippen molar-refractivity contribution in [1.29, 1.82) is 5.26 Å². The smallest absolute Gasteiger partial charge is 0.197 e. The Morgan fingerprint density at radius 1 is 0.955 bits per heavy atom. The van der Waals surface area contributed by atoms with Crippen LogP contribution in [0.3, 0.4) is 0 Å². The van der Waals surface area contributed by atoms with Crippen LogP contribution in [0.15, 0.2) is 66.7 Å². The first-order valence-electron chi connectivity index (χ1n) is 6.92. The molecule has 3 aromatic rings. The number of ketones is 1. The maximum atomic E-state index is 12.9. The highest BCUT2D eigenvalue weighted by atomic mass is 16.5. The van der Waals surface area contributed by atoms with Crippen LogP contribution in [-0.2, 0) is 0 Å². The van der Waals surface area contributed by atoms with Crippen molar-refractivity contribution in [3.8, 4) is 11.8 Å². The van der Waals surface area contributed by atoms with Crippen molar-refractivity contribution < 1.29 is 9.53 Å². The quantitative estimate of drug-likeness (QED) is 0.682. The average Bonchev–Trinajstić information content (AvgIpc) is 2.59. The molecule has 0 heterocycles. The second kappa shape index (κ2) is 6.11. The molecule has 0 amide bonds. The Hall–Kier alpha value is -3.12. The SMILES string of the molecule is N#CCOc1ccc2ccccc2c1C(=O)c1ccccc1. The molecule has 22 heavy (non-hydrogen) atoms. The van der Waals surface area contributed by atoms with Gasteiger partial charge in [0.2, 0.25) is 0 Å². The summed E-state index contributed by atoms with van der Waals surface area (Å²) in [6.07, 6.45) is 0. The summed E-state index contributed by atoms with van der Waals surface area (Å²) in [5.41, 5.74) is 1.10. The first kappa shape index (κ1) is 13.8. The van der Waals surface area contributed by atoms with E-state index in [4.69, 9.17) is 10.00 Å². The lowest BCUT2D eigenvalue weighted by Crippen LogP contribution is -2.06. The number of hydrogen-bond donors (Lipinski definition) is 0. The Balaban J connectivity index is 2.20. The first-order valence-corrected chi connectivity index (χ1v) is 6.92. The Morgan fingerprint density at radius 3 is 2.45 bits per heavy atom. The lowest BCUT2D eigenvalue weighted by atomic mass is 9.96. The van der Waals surface area contributed by atoms with E-state index in [1.54, 1.807) is 18.2 Å². The number of fused-ring (bicyclic) bond motifs is 1. The predicted octanol–water partition coefficient (Wildman–Crippen LogP) is 3.97. The van der Waals surface area contributed by atoms with Gasteiger partial charge in [0.15, 0.2) is 12.4 Å². The number of hydrogen-bond acceptors (Lipinski definition) is 3. The Labute approximate surface area is 128 Å². The molecule has 0 spiro atoms. The molecule has 0 saturated heterocycles. The number of nitriles is 1. The molecule has 0 aromatic heterocycles. The van der Waals surface area contributed by atoms with E-state index in [0.717, 1.165) is 10.8 Å².